The second-order valence-electron chi connectivity index (χ2n) is 3.52. The number of benzene rings is 1. The van der Waals surface area contributed by atoms with Crippen LogP contribution in [0.3, 0.4) is 0 Å². The van der Waals surface area contributed by atoms with Gasteiger partial charge >= 0.3 is 5.97 Å². The fraction of sp³-hybridized carbons (Fsp3) is 0.417. The molecule has 0 saturated heterocycles. The van der Waals surface area contributed by atoms with Crippen LogP contribution in [-0.4, -0.2) is 31.4 Å². The van der Waals surface area contributed by atoms with Gasteiger partial charge in [0.2, 0.25) is 0 Å². The number of carboxylic acid groups (broad SMARTS) is 1. The lowest BCUT2D eigenvalue weighted by molar-refractivity contribution is 0.0691. The van der Waals surface area contributed by atoms with E-state index in [0.29, 0.717) is 18.8 Å². The van der Waals surface area contributed by atoms with Crippen LogP contribution in [-0.2, 0) is 16.1 Å². The molecule has 5 heteroatoms. The fourth-order valence-corrected chi connectivity index (χ4v) is 1.32. The first kappa shape index (κ1) is 13.6. The Morgan fingerprint density at radius 2 is 2.18 bits per heavy atom. The second kappa shape index (κ2) is 6.98. The lowest BCUT2D eigenvalue weighted by Crippen LogP contribution is -2.03. The molecule has 0 heterocycles. The Labute approximate surface area is 99.0 Å². The number of ether oxygens (including phenoxy) is 2. The molecule has 94 valence electrons. The van der Waals surface area contributed by atoms with Crippen molar-refractivity contribution in [3.8, 4) is 0 Å². The van der Waals surface area contributed by atoms with Crippen molar-refractivity contribution >= 4 is 5.97 Å². The van der Waals surface area contributed by atoms with E-state index in [0.717, 1.165) is 6.42 Å². The average molecular weight is 242 g/mol. The smallest absolute Gasteiger partial charge is 0.338 e. The molecular formula is C12H15FO4. The topological polar surface area (TPSA) is 55.8 Å². The Morgan fingerprint density at radius 1 is 1.41 bits per heavy atom. The Morgan fingerprint density at radius 3 is 2.76 bits per heavy atom. The minimum absolute atomic E-state index is 0.264. The van der Waals surface area contributed by atoms with E-state index in [-0.39, 0.29) is 12.2 Å². The molecule has 0 bridgehead atoms. The van der Waals surface area contributed by atoms with Crippen LogP contribution in [0.4, 0.5) is 4.39 Å². The van der Waals surface area contributed by atoms with Gasteiger partial charge in [-0.15, -0.1) is 0 Å². The molecule has 0 radical (unpaired) electrons. The van der Waals surface area contributed by atoms with Crippen molar-refractivity contribution in [2.75, 3.05) is 20.3 Å². The van der Waals surface area contributed by atoms with E-state index in [4.69, 9.17) is 14.6 Å². The predicted molar refractivity (Wildman–Crippen MR) is 59.5 cm³/mol. The molecule has 0 aliphatic heterocycles. The van der Waals surface area contributed by atoms with Gasteiger partial charge in [0, 0.05) is 20.3 Å². The third kappa shape index (κ3) is 4.50. The number of halogens is 1. The minimum atomic E-state index is -1.27. The van der Waals surface area contributed by atoms with Crippen LogP contribution in [0.1, 0.15) is 22.3 Å². The first-order valence-corrected chi connectivity index (χ1v) is 5.23. The molecule has 17 heavy (non-hydrogen) atoms. The summed E-state index contributed by atoms with van der Waals surface area (Å²) in [4.78, 5) is 10.6. The molecule has 1 N–H and O–H groups in total. The normalized spacial score (nSPS) is 10.5. The van der Waals surface area contributed by atoms with Crippen LogP contribution in [0.15, 0.2) is 18.2 Å². The van der Waals surface area contributed by atoms with Crippen molar-refractivity contribution in [3.05, 3.63) is 35.1 Å². The van der Waals surface area contributed by atoms with Crippen molar-refractivity contribution in [1.82, 2.24) is 0 Å². The van der Waals surface area contributed by atoms with E-state index in [2.05, 4.69) is 0 Å². The van der Waals surface area contributed by atoms with Gasteiger partial charge in [0.05, 0.1) is 12.2 Å². The highest BCUT2D eigenvalue weighted by molar-refractivity contribution is 5.87. The molecule has 1 aromatic rings. The Kier molecular flexibility index (Phi) is 5.59. The van der Waals surface area contributed by atoms with Gasteiger partial charge in [-0.25, -0.2) is 9.18 Å². The molecule has 0 aromatic heterocycles. The van der Waals surface area contributed by atoms with Gasteiger partial charge in [0.25, 0.3) is 0 Å². The highest BCUT2D eigenvalue weighted by Gasteiger charge is 2.10. The van der Waals surface area contributed by atoms with Crippen LogP contribution >= 0.6 is 0 Å². The zero-order chi connectivity index (χ0) is 12.7. The monoisotopic (exact) mass is 242 g/mol. The largest absolute Gasteiger partial charge is 0.478 e. The minimum Gasteiger partial charge on any atom is -0.478 e. The van der Waals surface area contributed by atoms with E-state index >= 15 is 0 Å². The molecule has 0 fully saturated rings. The van der Waals surface area contributed by atoms with Crippen LogP contribution in [0.5, 0.6) is 0 Å². The molecule has 1 aromatic carbocycles. The molecule has 0 amide bonds. The molecule has 0 atom stereocenters. The van der Waals surface area contributed by atoms with E-state index in [9.17, 15) is 9.18 Å². The predicted octanol–water partition coefficient (Wildman–Crippen LogP) is 2.08. The van der Waals surface area contributed by atoms with Gasteiger partial charge in [-0.05, 0) is 24.1 Å². The molecule has 4 nitrogen and oxygen atoms in total. The lowest BCUT2D eigenvalue weighted by Gasteiger charge is -2.05. The number of hydrogen-bond donors (Lipinski definition) is 1. The maximum absolute atomic E-state index is 13.3. The lowest BCUT2D eigenvalue weighted by atomic mass is 10.1. The summed E-state index contributed by atoms with van der Waals surface area (Å²) in [5, 5.41) is 8.64. The Balaban J connectivity index is 2.45. The van der Waals surface area contributed by atoms with Crippen molar-refractivity contribution in [2.24, 2.45) is 0 Å². The molecule has 0 saturated carbocycles. The zero-order valence-electron chi connectivity index (χ0n) is 9.61. The number of rotatable bonds is 7. The van der Waals surface area contributed by atoms with Crippen LogP contribution < -0.4 is 0 Å². The summed E-state index contributed by atoms with van der Waals surface area (Å²) < 4.78 is 23.4. The SMILES string of the molecule is COCCCOCc1ccc(C(=O)O)c(F)c1. The van der Waals surface area contributed by atoms with Crippen LogP contribution in [0.2, 0.25) is 0 Å². The first-order valence-electron chi connectivity index (χ1n) is 5.23. The van der Waals surface area contributed by atoms with Crippen molar-refractivity contribution in [1.29, 1.82) is 0 Å². The summed E-state index contributed by atoms with van der Waals surface area (Å²) in [5.41, 5.74) is 0.290. The standard InChI is InChI=1S/C12H15FO4/c1-16-5-2-6-17-8-9-3-4-10(12(14)15)11(13)7-9/h3-4,7H,2,5-6,8H2,1H3,(H,14,15). The molecular weight excluding hydrogens is 227 g/mol. The zero-order valence-corrected chi connectivity index (χ0v) is 9.61. The van der Waals surface area contributed by atoms with Crippen molar-refractivity contribution < 1.29 is 23.8 Å². The van der Waals surface area contributed by atoms with Crippen molar-refractivity contribution in [2.45, 2.75) is 13.0 Å². The van der Waals surface area contributed by atoms with Crippen LogP contribution in [0, 0.1) is 5.82 Å². The highest BCUT2D eigenvalue weighted by atomic mass is 19.1. The van der Waals surface area contributed by atoms with Gasteiger partial charge in [-0.3, -0.25) is 0 Å². The average Bonchev–Trinajstić information content (AvgIpc) is 2.28. The van der Waals surface area contributed by atoms with E-state index in [1.165, 1.54) is 12.1 Å². The van der Waals surface area contributed by atoms with Gasteiger partial charge in [0.1, 0.15) is 5.82 Å². The number of carboxylic acids is 1. The van der Waals surface area contributed by atoms with Gasteiger partial charge < -0.3 is 14.6 Å². The molecule has 0 aliphatic carbocycles. The maximum atomic E-state index is 13.3. The van der Waals surface area contributed by atoms with Crippen LogP contribution in [0.25, 0.3) is 0 Å². The third-order valence-electron chi connectivity index (χ3n) is 2.17. The third-order valence-corrected chi connectivity index (χ3v) is 2.17. The molecule has 0 spiro atoms. The molecule has 0 unspecified atom stereocenters. The molecule has 1 rings (SSSR count). The maximum Gasteiger partial charge on any atom is 0.338 e. The van der Waals surface area contributed by atoms with E-state index < -0.39 is 11.8 Å². The van der Waals surface area contributed by atoms with Gasteiger partial charge in [-0.2, -0.15) is 0 Å². The molecule has 0 aliphatic rings. The summed E-state index contributed by atoms with van der Waals surface area (Å²) in [7, 11) is 1.61. The summed E-state index contributed by atoms with van der Waals surface area (Å²) in [6.07, 6.45) is 0.770. The van der Waals surface area contributed by atoms with Gasteiger partial charge in [0.15, 0.2) is 0 Å². The fourth-order valence-electron chi connectivity index (χ4n) is 1.32. The van der Waals surface area contributed by atoms with E-state index in [1.807, 2.05) is 0 Å². The quantitative estimate of drug-likeness (QED) is 0.744. The Hall–Kier alpha value is -1.46. The summed E-state index contributed by atoms with van der Waals surface area (Å²) in [6.45, 7) is 1.41. The highest BCUT2D eigenvalue weighted by Crippen LogP contribution is 2.11. The summed E-state index contributed by atoms with van der Waals surface area (Å²) in [5.74, 6) is -2.01. The number of methoxy groups -OCH3 is 1. The van der Waals surface area contributed by atoms with Crippen molar-refractivity contribution in [3.63, 3.8) is 0 Å². The Bertz CT molecular complexity index is 379. The summed E-state index contributed by atoms with van der Waals surface area (Å²) >= 11 is 0. The summed E-state index contributed by atoms with van der Waals surface area (Å²) in [6, 6.07) is 3.97. The first-order chi connectivity index (χ1) is 8.15. The number of hydrogen-bond acceptors (Lipinski definition) is 3. The van der Waals surface area contributed by atoms with E-state index in [1.54, 1.807) is 13.2 Å². The second-order valence-corrected chi connectivity index (χ2v) is 3.52. The number of carbonyl (C=O) groups is 1. The number of aromatic carboxylic acids is 1. The van der Waals surface area contributed by atoms with Gasteiger partial charge in [-0.1, -0.05) is 6.07 Å².